The lowest BCUT2D eigenvalue weighted by Gasteiger charge is -2.37. The zero-order chi connectivity index (χ0) is 16.8. The first kappa shape index (κ1) is 17.4. The standard InChI is InChI=1S/C20H31N3O/c1-2-17-7-9-18(10-8-17)19(22-15-11-21-12-16-22)20(24)23-13-5-3-4-6-14-23/h7-10,19,21H,2-6,11-16H2,1H3. The van der Waals surface area contributed by atoms with Crippen LogP contribution in [-0.4, -0.2) is 55.0 Å². The summed E-state index contributed by atoms with van der Waals surface area (Å²) in [6, 6.07) is 8.58. The zero-order valence-electron chi connectivity index (χ0n) is 15.0. The molecule has 1 N–H and O–H groups in total. The van der Waals surface area contributed by atoms with Crippen molar-refractivity contribution in [1.29, 1.82) is 0 Å². The van der Waals surface area contributed by atoms with Crippen LogP contribution in [0.3, 0.4) is 0 Å². The highest BCUT2D eigenvalue weighted by Gasteiger charge is 2.32. The van der Waals surface area contributed by atoms with E-state index in [1.165, 1.54) is 18.4 Å². The average molecular weight is 329 g/mol. The zero-order valence-corrected chi connectivity index (χ0v) is 15.0. The third-order valence-electron chi connectivity index (χ3n) is 5.37. The van der Waals surface area contributed by atoms with E-state index in [2.05, 4.69) is 46.3 Å². The number of hydrogen-bond acceptors (Lipinski definition) is 3. The molecule has 1 unspecified atom stereocenters. The summed E-state index contributed by atoms with van der Waals surface area (Å²) in [7, 11) is 0. The number of rotatable bonds is 4. The first-order valence-electron chi connectivity index (χ1n) is 9.62. The number of amides is 1. The second-order valence-corrected chi connectivity index (χ2v) is 7.02. The first-order chi connectivity index (χ1) is 11.8. The molecular formula is C20H31N3O. The van der Waals surface area contributed by atoms with Crippen LogP contribution in [0.25, 0.3) is 0 Å². The van der Waals surface area contributed by atoms with Gasteiger partial charge in [0.1, 0.15) is 6.04 Å². The number of hydrogen-bond donors (Lipinski definition) is 1. The van der Waals surface area contributed by atoms with Gasteiger partial charge in [0.05, 0.1) is 0 Å². The van der Waals surface area contributed by atoms with E-state index in [1.54, 1.807) is 0 Å². The number of aryl methyl sites for hydroxylation is 1. The van der Waals surface area contributed by atoms with Crippen LogP contribution >= 0.6 is 0 Å². The summed E-state index contributed by atoms with van der Waals surface area (Å²) in [6.45, 7) is 7.85. The van der Waals surface area contributed by atoms with Crippen molar-refractivity contribution in [3.05, 3.63) is 35.4 Å². The lowest BCUT2D eigenvalue weighted by Crippen LogP contribution is -2.50. The monoisotopic (exact) mass is 329 g/mol. The third-order valence-corrected chi connectivity index (χ3v) is 5.37. The van der Waals surface area contributed by atoms with Crippen molar-refractivity contribution in [2.45, 2.75) is 45.1 Å². The van der Waals surface area contributed by atoms with Gasteiger partial charge in [0.25, 0.3) is 0 Å². The maximum atomic E-state index is 13.4. The molecule has 3 rings (SSSR count). The molecule has 2 aliphatic rings. The molecular weight excluding hydrogens is 298 g/mol. The Labute approximate surface area is 146 Å². The summed E-state index contributed by atoms with van der Waals surface area (Å²) in [5.41, 5.74) is 2.49. The van der Waals surface area contributed by atoms with Gasteiger partial charge in [0.2, 0.25) is 5.91 Å². The van der Waals surface area contributed by atoms with E-state index in [9.17, 15) is 4.79 Å². The number of carbonyl (C=O) groups is 1. The molecule has 0 aliphatic carbocycles. The highest BCUT2D eigenvalue weighted by molar-refractivity contribution is 5.83. The van der Waals surface area contributed by atoms with Gasteiger partial charge in [0.15, 0.2) is 0 Å². The average Bonchev–Trinajstić information content (AvgIpc) is 2.93. The first-order valence-corrected chi connectivity index (χ1v) is 9.62. The Bertz CT molecular complexity index is 514. The Morgan fingerprint density at radius 3 is 2.21 bits per heavy atom. The summed E-state index contributed by atoms with van der Waals surface area (Å²) in [5.74, 6) is 0.308. The van der Waals surface area contributed by atoms with Crippen LogP contribution < -0.4 is 5.32 Å². The number of nitrogens with one attached hydrogen (secondary N) is 1. The van der Waals surface area contributed by atoms with Gasteiger partial charge >= 0.3 is 0 Å². The van der Waals surface area contributed by atoms with E-state index >= 15 is 0 Å². The van der Waals surface area contributed by atoms with Gasteiger partial charge in [-0.3, -0.25) is 9.69 Å². The summed E-state index contributed by atoms with van der Waals surface area (Å²) < 4.78 is 0. The van der Waals surface area contributed by atoms with Gasteiger partial charge in [-0.2, -0.15) is 0 Å². The molecule has 1 atom stereocenters. The SMILES string of the molecule is CCc1ccc(C(C(=O)N2CCCCCC2)N2CCNCC2)cc1. The minimum Gasteiger partial charge on any atom is -0.341 e. The summed E-state index contributed by atoms with van der Waals surface area (Å²) in [6.07, 6.45) is 5.85. The molecule has 2 saturated heterocycles. The van der Waals surface area contributed by atoms with Crippen molar-refractivity contribution in [3.63, 3.8) is 0 Å². The van der Waals surface area contributed by atoms with E-state index in [4.69, 9.17) is 0 Å². The van der Waals surface area contributed by atoms with Crippen LogP contribution in [0.5, 0.6) is 0 Å². The van der Waals surface area contributed by atoms with Crippen LogP contribution in [0.15, 0.2) is 24.3 Å². The molecule has 1 aromatic rings. The fourth-order valence-corrected chi connectivity index (χ4v) is 3.85. The molecule has 2 heterocycles. The number of benzene rings is 1. The molecule has 0 aromatic heterocycles. The van der Waals surface area contributed by atoms with Gasteiger partial charge in [-0.25, -0.2) is 0 Å². The van der Waals surface area contributed by atoms with Crippen molar-refractivity contribution >= 4 is 5.91 Å². The van der Waals surface area contributed by atoms with E-state index in [0.29, 0.717) is 5.91 Å². The predicted molar refractivity (Wildman–Crippen MR) is 98.1 cm³/mol. The predicted octanol–water partition coefficient (Wildman–Crippen LogP) is 2.60. The Morgan fingerprint density at radius 2 is 1.62 bits per heavy atom. The summed E-state index contributed by atoms with van der Waals surface area (Å²) in [4.78, 5) is 17.9. The van der Waals surface area contributed by atoms with Gasteiger partial charge < -0.3 is 10.2 Å². The molecule has 2 aliphatic heterocycles. The van der Waals surface area contributed by atoms with Crippen LogP contribution in [0.2, 0.25) is 0 Å². The molecule has 132 valence electrons. The summed E-state index contributed by atoms with van der Waals surface area (Å²) >= 11 is 0. The highest BCUT2D eigenvalue weighted by Crippen LogP contribution is 2.26. The largest absolute Gasteiger partial charge is 0.341 e. The molecule has 0 saturated carbocycles. The minimum absolute atomic E-state index is 0.115. The van der Waals surface area contributed by atoms with Crippen LogP contribution in [0.4, 0.5) is 0 Å². The number of nitrogens with zero attached hydrogens (tertiary/aromatic N) is 2. The molecule has 1 amide bonds. The summed E-state index contributed by atoms with van der Waals surface area (Å²) in [5, 5.41) is 3.40. The van der Waals surface area contributed by atoms with Gasteiger partial charge in [0, 0.05) is 39.3 Å². The van der Waals surface area contributed by atoms with Crippen LogP contribution in [-0.2, 0) is 11.2 Å². The molecule has 1 aromatic carbocycles. The molecule has 4 heteroatoms. The Balaban J connectivity index is 1.83. The maximum Gasteiger partial charge on any atom is 0.244 e. The van der Waals surface area contributed by atoms with Crippen molar-refractivity contribution in [3.8, 4) is 0 Å². The Hall–Kier alpha value is -1.39. The van der Waals surface area contributed by atoms with Crippen molar-refractivity contribution in [1.82, 2.24) is 15.1 Å². The lowest BCUT2D eigenvalue weighted by molar-refractivity contribution is -0.137. The number of carbonyl (C=O) groups excluding carboxylic acids is 1. The molecule has 0 radical (unpaired) electrons. The molecule has 0 spiro atoms. The molecule has 2 fully saturated rings. The number of piperazine rings is 1. The minimum atomic E-state index is -0.115. The second-order valence-electron chi connectivity index (χ2n) is 7.02. The third kappa shape index (κ3) is 4.17. The Morgan fingerprint density at radius 1 is 1.00 bits per heavy atom. The van der Waals surface area contributed by atoms with Gasteiger partial charge in [-0.05, 0) is 30.4 Å². The van der Waals surface area contributed by atoms with E-state index in [1.807, 2.05) is 0 Å². The van der Waals surface area contributed by atoms with Crippen molar-refractivity contribution < 1.29 is 4.79 Å². The van der Waals surface area contributed by atoms with Crippen LogP contribution in [0.1, 0.15) is 49.8 Å². The van der Waals surface area contributed by atoms with Crippen molar-refractivity contribution in [2.75, 3.05) is 39.3 Å². The fraction of sp³-hybridized carbons (Fsp3) is 0.650. The van der Waals surface area contributed by atoms with E-state index < -0.39 is 0 Å². The number of likely N-dealkylation sites (tertiary alicyclic amines) is 1. The molecule has 0 bridgehead atoms. The Kier molecular flexibility index (Phi) is 6.27. The van der Waals surface area contributed by atoms with Gasteiger partial charge in [-0.1, -0.05) is 44.0 Å². The molecule has 24 heavy (non-hydrogen) atoms. The lowest BCUT2D eigenvalue weighted by atomic mass is 10.0. The maximum absolute atomic E-state index is 13.4. The van der Waals surface area contributed by atoms with E-state index in [0.717, 1.165) is 64.1 Å². The quantitative estimate of drug-likeness (QED) is 0.922. The van der Waals surface area contributed by atoms with Gasteiger partial charge in [-0.15, -0.1) is 0 Å². The highest BCUT2D eigenvalue weighted by atomic mass is 16.2. The van der Waals surface area contributed by atoms with Crippen molar-refractivity contribution in [2.24, 2.45) is 0 Å². The smallest absolute Gasteiger partial charge is 0.244 e. The van der Waals surface area contributed by atoms with E-state index in [-0.39, 0.29) is 6.04 Å². The van der Waals surface area contributed by atoms with Crippen LogP contribution in [0, 0.1) is 0 Å². The normalized spacial score (nSPS) is 21.3. The molecule has 4 nitrogen and oxygen atoms in total. The fourth-order valence-electron chi connectivity index (χ4n) is 3.85. The second kappa shape index (κ2) is 8.63. The topological polar surface area (TPSA) is 35.6 Å².